The van der Waals surface area contributed by atoms with Gasteiger partial charge in [0.1, 0.15) is 0 Å². The highest BCUT2D eigenvalue weighted by atomic mass is 32.2. The highest BCUT2D eigenvalue weighted by molar-refractivity contribution is 7.92. The molecule has 5 nitrogen and oxygen atoms in total. The molecule has 0 aliphatic heterocycles. The number of benzene rings is 1. The number of carbonyl (C=O) groups excluding carboxylic acids is 1. The van der Waals surface area contributed by atoms with Gasteiger partial charge < -0.3 is 11.1 Å². The summed E-state index contributed by atoms with van der Waals surface area (Å²) < 4.78 is 25.1. The molecule has 0 aromatic heterocycles. The Morgan fingerprint density at radius 2 is 1.54 bits per heavy atom. The zero-order chi connectivity index (χ0) is 17.2. The predicted octanol–water partition coefficient (Wildman–Crippen LogP) is 2.40. The van der Waals surface area contributed by atoms with Gasteiger partial charge in [0.25, 0.3) is 5.91 Å². The molecule has 0 radical (unpaired) electrons. The number of sulfone groups is 1. The second-order valence-corrected chi connectivity index (χ2v) is 9.29. The Morgan fingerprint density at radius 3 is 2.12 bits per heavy atom. The Hall–Kier alpha value is -1.40. The molecule has 2 aliphatic rings. The van der Waals surface area contributed by atoms with Gasteiger partial charge in [-0.1, -0.05) is 12.8 Å². The van der Waals surface area contributed by atoms with Crippen LogP contribution in [0.4, 0.5) is 0 Å². The van der Waals surface area contributed by atoms with Gasteiger partial charge in [-0.25, -0.2) is 8.42 Å². The molecular formula is C18H26N2O3S. The van der Waals surface area contributed by atoms with E-state index in [1.807, 2.05) is 0 Å². The second kappa shape index (κ2) is 7.23. The Morgan fingerprint density at radius 1 is 0.958 bits per heavy atom. The summed E-state index contributed by atoms with van der Waals surface area (Å²) in [6, 6.07) is 6.79. The summed E-state index contributed by atoms with van der Waals surface area (Å²) >= 11 is 0. The Bertz CT molecular complexity index is 671. The third-order valence-electron chi connectivity index (χ3n) is 5.29. The molecular weight excluding hydrogens is 324 g/mol. The molecule has 0 saturated heterocycles. The van der Waals surface area contributed by atoms with Gasteiger partial charge in [0.05, 0.1) is 10.1 Å². The summed E-state index contributed by atoms with van der Waals surface area (Å²) in [5, 5.41) is 2.76. The molecule has 0 unspecified atom stereocenters. The number of hydrogen-bond acceptors (Lipinski definition) is 4. The fourth-order valence-corrected chi connectivity index (χ4v) is 5.57. The molecule has 3 N–H and O–H groups in total. The van der Waals surface area contributed by atoms with Crippen LogP contribution in [0.15, 0.2) is 29.2 Å². The molecule has 1 aromatic carbocycles. The molecule has 3 rings (SSSR count). The van der Waals surface area contributed by atoms with Crippen molar-refractivity contribution >= 4 is 15.7 Å². The standard InChI is InChI=1S/C18H26N2O3S/c19-14-7-9-15(10-8-14)20-18(21)13-5-11-17(12-6-13)24(22,23)16-3-1-2-4-16/h5-6,11-12,14-16H,1-4,7-10,19H2,(H,20,21). The lowest BCUT2D eigenvalue weighted by molar-refractivity contribution is 0.0926. The van der Waals surface area contributed by atoms with Crippen molar-refractivity contribution in [3.05, 3.63) is 29.8 Å². The molecule has 1 amide bonds. The average Bonchev–Trinajstić information content (AvgIpc) is 3.12. The zero-order valence-electron chi connectivity index (χ0n) is 13.9. The van der Waals surface area contributed by atoms with E-state index in [1.165, 1.54) is 0 Å². The highest BCUT2D eigenvalue weighted by Gasteiger charge is 2.30. The number of hydrogen-bond donors (Lipinski definition) is 2. The molecule has 2 fully saturated rings. The van der Waals surface area contributed by atoms with E-state index in [2.05, 4.69) is 5.32 Å². The van der Waals surface area contributed by atoms with Crippen LogP contribution in [0.2, 0.25) is 0 Å². The first-order valence-corrected chi connectivity index (χ1v) is 10.4. The van der Waals surface area contributed by atoms with E-state index in [0.717, 1.165) is 51.4 Å². The minimum atomic E-state index is -3.26. The number of carbonyl (C=O) groups is 1. The summed E-state index contributed by atoms with van der Waals surface area (Å²) in [5.74, 6) is -0.139. The first-order chi connectivity index (χ1) is 11.5. The Kier molecular flexibility index (Phi) is 5.25. The zero-order valence-corrected chi connectivity index (χ0v) is 14.7. The van der Waals surface area contributed by atoms with Crippen LogP contribution in [0.5, 0.6) is 0 Å². The van der Waals surface area contributed by atoms with Gasteiger partial charge >= 0.3 is 0 Å². The van der Waals surface area contributed by atoms with E-state index < -0.39 is 9.84 Å². The minimum Gasteiger partial charge on any atom is -0.349 e. The number of nitrogens with two attached hydrogens (primary N) is 1. The monoisotopic (exact) mass is 350 g/mol. The van der Waals surface area contributed by atoms with E-state index >= 15 is 0 Å². The molecule has 0 atom stereocenters. The average molecular weight is 350 g/mol. The van der Waals surface area contributed by atoms with Crippen LogP contribution in [-0.4, -0.2) is 31.7 Å². The van der Waals surface area contributed by atoms with Gasteiger partial charge in [-0.3, -0.25) is 4.79 Å². The highest BCUT2D eigenvalue weighted by Crippen LogP contribution is 2.29. The SMILES string of the molecule is NC1CCC(NC(=O)c2ccc(S(=O)(=O)C3CCCC3)cc2)CC1. The maximum absolute atomic E-state index is 12.6. The lowest BCUT2D eigenvalue weighted by atomic mass is 9.91. The van der Waals surface area contributed by atoms with Crippen LogP contribution in [0.1, 0.15) is 61.7 Å². The van der Waals surface area contributed by atoms with Crippen LogP contribution in [-0.2, 0) is 9.84 Å². The van der Waals surface area contributed by atoms with Gasteiger partial charge in [0, 0.05) is 17.6 Å². The third-order valence-corrected chi connectivity index (χ3v) is 7.57. The van der Waals surface area contributed by atoms with E-state index in [4.69, 9.17) is 5.73 Å². The van der Waals surface area contributed by atoms with Crippen LogP contribution in [0.25, 0.3) is 0 Å². The van der Waals surface area contributed by atoms with Crippen LogP contribution in [0.3, 0.4) is 0 Å². The Balaban J connectivity index is 1.64. The normalized spacial score (nSPS) is 25.5. The molecule has 24 heavy (non-hydrogen) atoms. The van der Waals surface area contributed by atoms with Crippen molar-refractivity contribution in [2.45, 2.75) is 73.6 Å². The van der Waals surface area contributed by atoms with Crippen molar-refractivity contribution in [2.24, 2.45) is 5.73 Å². The summed E-state index contributed by atoms with van der Waals surface area (Å²) in [7, 11) is -3.26. The topological polar surface area (TPSA) is 89.3 Å². The van der Waals surface area contributed by atoms with Crippen molar-refractivity contribution in [2.75, 3.05) is 0 Å². The summed E-state index contributed by atoms with van der Waals surface area (Å²) in [5.41, 5.74) is 6.39. The third kappa shape index (κ3) is 3.81. The Labute approximate surface area is 143 Å². The largest absolute Gasteiger partial charge is 0.349 e. The first kappa shape index (κ1) is 17.4. The van der Waals surface area contributed by atoms with Gasteiger partial charge in [0.15, 0.2) is 9.84 Å². The molecule has 2 aliphatic carbocycles. The molecule has 6 heteroatoms. The summed E-state index contributed by atoms with van der Waals surface area (Å²) in [4.78, 5) is 12.6. The van der Waals surface area contributed by atoms with Gasteiger partial charge in [-0.2, -0.15) is 0 Å². The molecule has 0 heterocycles. The van der Waals surface area contributed by atoms with Gasteiger partial charge in [0.2, 0.25) is 0 Å². The van der Waals surface area contributed by atoms with Crippen LogP contribution in [0, 0.1) is 0 Å². The molecule has 0 spiro atoms. The lowest BCUT2D eigenvalue weighted by Crippen LogP contribution is -2.40. The van der Waals surface area contributed by atoms with Gasteiger partial charge in [-0.05, 0) is 62.8 Å². The van der Waals surface area contributed by atoms with Gasteiger partial charge in [-0.15, -0.1) is 0 Å². The number of amides is 1. The smallest absolute Gasteiger partial charge is 0.251 e. The summed E-state index contributed by atoms with van der Waals surface area (Å²) in [6.45, 7) is 0. The van der Waals surface area contributed by atoms with Crippen LogP contribution < -0.4 is 11.1 Å². The number of nitrogens with one attached hydrogen (secondary N) is 1. The van der Waals surface area contributed by atoms with E-state index in [1.54, 1.807) is 24.3 Å². The predicted molar refractivity (Wildman–Crippen MR) is 93.6 cm³/mol. The molecule has 132 valence electrons. The summed E-state index contributed by atoms with van der Waals surface area (Å²) in [6.07, 6.45) is 7.13. The van der Waals surface area contributed by atoms with Crippen molar-refractivity contribution in [1.82, 2.24) is 5.32 Å². The van der Waals surface area contributed by atoms with E-state index in [9.17, 15) is 13.2 Å². The van der Waals surface area contributed by atoms with Crippen molar-refractivity contribution < 1.29 is 13.2 Å². The molecule has 1 aromatic rings. The maximum atomic E-state index is 12.6. The maximum Gasteiger partial charge on any atom is 0.251 e. The lowest BCUT2D eigenvalue weighted by Gasteiger charge is -2.26. The fourth-order valence-electron chi connectivity index (χ4n) is 3.72. The van der Waals surface area contributed by atoms with Crippen molar-refractivity contribution in [1.29, 1.82) is 0 Å². The quantitative estimate of drug-likeness (QED) is 0.872. The van der Waals surface area contributed by atoms with E-state index in [0.29, 0.717) is 10.5 Å². The van der Waals surface area contributed by atoms with Crippen molar-refractivity contribution in [3.63, 3.8) is 0 Å². The minimum absolute atomic E-state index is 0.139. The van der Waals surface area contributed by atoms with Crippen molar-refractivity contribution in [3.8, 4) is 0 Å². The molecule has 0 bridgehead atoms. The van der Waals surface area contributed by atoms with Crippen LogP contribution >= 0.6 is 0 Å². The molecule has 2 saturated carbocycles. The fraction of sp³-hybridized carbons (Fsp3) is 0.611. The number of rotatable bonds is 4. The second-order valence-electron chi connectivity index (χ2n) is 7.06. The van der Waals surface area contributed by atoms with E-state index in [-0.39, 0.29) is 23.2 Å². The first-order valence-electron chi connectivity index (χ1n) is 8.87.